The van der Waals surface area contributed by atoms with Crippen LogP contribution in [0.3, 0.4) is 0 Å². The average molecular weight is 391 g/mol. The predicted octanol–water partition coefficient (Wildman–Crippen LogP) is 4.56. The van der Waals surface area contributed by atoms with Crippen LogP contribution in [0.15, 0.2) is 96.1 Å². The first kappa shape index (κ1) is 18.5. The van der Waals surface area contributed by atoms with Crippen LogP contribution < -0.4 is 4.90 Å². The van der Waals surface area contributed by atoms with Crippen molar-refractivity contribution in [2.75, 3.05) is 20.1 Å². The summed E-state index contributed by atoms with van der Waals surface area (Å²) in [5.41, 5.74) is 3.97. The number of rotatable bonds is 2. The van der Waals surface area contributed by atoms with Gasteiger partial charge in [0.05, 0.1) is 18.2 Å². The van der Waals surface area contributed by atoms with Gasteiger partial charge in [0, 0.05) is 0 Å². The van der Waals surface area contributed by atoms with Gasteiger partial charge in [0.2, 0.25) is 0 Å². The maximum Gasteiger partial charge on any atom is 0.196 e. The second kappa shape index (κ2) is 7.74. The molecule has 1 atom stereocenters. The highest BCUT2D eigenvalue weighted by atomic mass is 16.1. The Hall–Kier alpha value is -3.49. The zero-order valence-corrected chi connectivity index (χ0v) is 17.1. The zero-order valence-electron chi connectivity index (χ0n) is 17.1. The lowest BCUT2D eigenvalue weighted by Gasteiger charge is -2.23. The number of ketones is 1. The van der Waals surface area contributed by atoms with Crippen LogP contribution in [0.4, 0.5) is 0 Å². The Morgan fingerprint density at radius 2 is 1.07 bits per heavy atom. The zero-order chi connectivity index (χ0) is 20.5. The summed E-state index contributed by atoms with van der Waals surface area (Å²) in [6.07, 6.45) is 4.18. The van der Waals surface area contributed by atoms with Crippen molar-refractivity contribution in [3.63, 3.8) is 0 Å². The Kier molecular flexibility index (Phi) is 4.78. The first-order chi connectivity index (χ1) is 14.7. The molecule has 1 aliphatic heterocycles. The molecule has 1 fully saturated rings. The fraction of sp³-hybridized carbons (Fsp3) is 0.107. The number of carbonyl (C=O) groups is 1. The molecule has 4 aromatic carbocycles. The Labute approximate surface area is 176 Å². The van der Waals surface area contributed by atoms with E-state index in [1.807, 2.05) is 12.1 Å². The highest BCUT2D eigenvalue weighted by Gasteiger charge is 2.27. The molecule has 2 heteroatoms. The van der Waals surface area contributed by atoms with Gasteiger partial charge in [0.15, 0.2) is 5.78 Å². The summed E-state index contributed by atoms with van der Waals surface area (Å²) in [7, 11) is 2.15. The van der Waals surface area contributed by atoms with E-state index in [0.717, 1.165) is 35.4 Å². The number of fused-ring (bicyclic) bond motifs is 2. The van der Waals surface area contributed by atoms with E-state index in [1.54, 1.807) is 0 Å². The quantitative estimate of drug-likeness (QED) is 0.498. The molecule has 0 bridgehead atoms. The highest BCUT2D eigenvalue weighted by Crippen LogP contribution is 2.24. The summed E-state index contributed by atoms with van der Waals surface area (Å²) in [6, 6.07) is 29.2. The summed E-state index contributed by atoms with van der Waals surface area (Å²) >= 11 is 0. The van der Waals surface area contributed by atoms with Crippen molar-refractivity contribution in [1.82, 2.24) is 0 Å². The van der Waals surface area contributed by atoms with Crippen LogP contribution in [-0.2, 0) is 4.79 Å². The summed E-state index contributed by atoms with van der Waals surface area (Å²) in [5.74, 6) is 0.168. The van der Waals surface area contributed by atoms with Gasteiger partial charge in [-0.2, -0.15) is 0 Å². The molecule has 4 aromatic rings. The maximum absolute atomic E-state index is 13.4. The second-order valence-corrected chi connectivity index (χ2v) is 8.12. The first-order valence-corrected chi connectivity index (χ1v) is 10.4. The van der Waals surface area contributed by atoms with E-state index in [2.05, 4.69) is 92.0 Å². The molecule has 1 saturated heterocycles. The number of likely N-dealkylation sites (tertiary alicyclic amines) is 1. The minimum Gasteiger partial charge on any atom is -0.330 e. The third-order valence-electron chi connectivity index (χ3n) is 5.87. The van der Waals surface area contributed by atoms with Gasteiger partial charge in [0.1, 0.15) is 13.1 Å². The van der Waals surface area contributed by atoms with E-state index in [4.69, 9.17) is 0 Å². The molecule has 1 heterocycles. The van der Waals surface area contributed by atoms with E-state index in [0.29, 0.717) is 0 Å². The molecule has 0 amide bonds. The summed E-state index contributed by atoms with van der Waals surface area (Å²) < 4.78 is 0. The predicted molar refractivity (Wildman–Crippen MR) is 125 cm³/mol. The third kappa shape index (κ3) is 3.47. The molecule has 0 radical (unpaired) electrons. The van der Waals surface area contributed by atoms with Crippen molar-refractivity contribution < 1.29 is 9.69 Å². The average Bonchev–Trinajstić information content (AvgIpc) is 2.77. The summed E-state index contributed by atoms with van der Waals surface area (Å²) in [4.78, 5) is 14.7. The molecular formula is C28H24NO+. The lowest BCUT2D eigenvalue weighted by molar-refractivity contribution is -0.870. The SMILES string of the molecule is C[NH+]1CC(=Cc2cccc3ccccc23)C(=O)/C(=C/c2cccc3ccccc23)C1. The number of Topliss-reactive ketones (excluding diaryl/α,β-unsaturated/α-hetero) is 1. The third-order valence-corrected chi connectivity index (χ3v) is 5.87. The highest BCUT2D eigenvalue weighted by molar-refractivity contribution is 6.15. The van der Waals surface area contributed by atoms with Crippen LogP contribution in [-0.4, -0.2) is 25.9 Å². The number of benzene rings is 4. The lowest BCUT2D eigenvalue weighted by atomic mass is 9.92. The minimum absolute atomic E-state index is 0.168. The van der Waals surface area contributed by atoms with Crippen LogP contribution in [0, 0.1) is 0 Å². The Bertz CT molecular complexity index is 1220. The molecule has 1 N–H and O–H groups in total. The van der Waals surface area contributed by atoms with Gasteiger partial charge in [-0.25, -0.2) is 0 Å². The molecule has 0 aliphatic carbocycles. The Morgan fingerprint density at radius 1 is 0.633 bits per heavy atom. The molecule has 0 saturated carbocycles. The monoisotopic (exact) mass is 390 g/mol. The van der Waals surface area contributed by atoms with Crippen LogP contribution in [0.25, 0.3) is 33.7 Å². The van der Waals surface area contributed by atoms with Gasteiger partial charge < -0.3 is 4.90 Å². The van der Waals surface area contributed by atoms with Gasteiger partial charge in [0.25, 0.3) is 0 Å². The molecule has 0 aromatic heterocycles. The van der Waals surface area contributed by atoms with Crippen molar-refractivity contribution in [1.29, 1.82) is 0 Å². The molecule has 5 rings (SSSR count). The van der Waals surface area contributed by atoms with Gasteiger partial charge in [-0.05, 0) is 44.8 Å². The molecule has 146 valence electrons. The molecule has 30 heavy (non-hydrogen) atoms. The number of carbonyl (C=O) groups excluding carboxylic acids is 1. The summed E-state index contributed by atoms with van der Waals surface area (Å²) in [5, 5.41) is 4.76. The van der Waals surface area contributed by atoms with Crippen molar-refractivity contribution in [3.05, 3.63) is 107 Å². The molecule has 1 unspecified atom stereocenters. The van der Waals surface area contributed by atoms with Crippen molar-refractivity contribution in [2.24, 2.45) is 0 Å². The lowest BCUT2D eigenvalue weighted by Crippen LogP contribution is -3.10. The van der Waals surface area contributed by atoms with Crippen LogP contribution in [0.2, 0.25) is 0 Å². The van der Waals surface area contributed by atoms with Gasteiger partial charge >= 0.3 is 0 Å². The van der Waals surface area contributed by atoms with Crippen molar-refractivity contribution in [3.8, 4) is 0 Å². The second-order valence-electron chi connectivity index (χ2n) is 8.12. The number of nitrogens with one attached hydrogen (secondary N) is 1. The van der Waals surface area contributed by atoms with Crippen LogP contribution in [0.1, 0.15) is 11.1 Å². The van der Waals surface area contributed by atoms with Gasteiger partial charge in [-0.15, -0.1) is 0 Å². The van der Waals surface area contributed by atoms with E-state index >= 15 is 0 Å². The first-order valence-electron chi connectivity index (χ1n) is 10.4. The molecular weight excluding hydrogens is 366 g/mol. The number of quaternary nitrogens is 1. The van der Waals surface area contributed by atoms with E-state index in [1.165, 1.54) is 26.4 Å². The van der Waals surface area contributed by atoms with Gasteiger partial charge in [-0.3, -0.25) is 4.79 Å². The maximum atomic E-state index is 13.4. The molecule has 0 spiro atoms. The number of hydrogen-bond acceptors (Lipinski definition) is 1. The fourth-order valence-electron chi connectivity index (χ4n) is 4.44. The molecule has 2 nitrogen and oxygen atoms in total. The van der Waals surface area contributed by atoms with E-state index in [-0.39, 0.29) is 5.78 Å². The van der Waals surface area contributed by atoms with Crippen LogP contribution in [0.5, 0.6) is 0 Å². The number of likely N-dealkylation sites (N-methyl/N-ethyl adjacent to an activating group) is 1. The Morgan fingerprint density at radius 3 is 1.57 bits per heavy atom. The topological polar surface area (TPSA) is 21.5 Å². The van der Waals surface area contributed by atoms with Crippen molar-refractivity contribution >= 4 is 39.5 Å². The fourth-order valence-corrected chi connectivity index (χ4v) is 4.44. The molecule has 1 aliphatic rings. The van der Waals surface area contributed by atoms with Crippen molar-refractivity contribution in [2.45, 2.75) is 0 Å². The Balaban J connectivity index is 1.58. The smallest absolute Gasteiger partial charge is 0.196 e. The largest absolute Gasteiger partial charge is 0.330 e. The standard InChI is InChI=1S/C28H23NO/c1-29-18-24(16-22-12-6-10-20-8-2-4-14-26(20)22)28(30)25(19-29)17-23-13-7-11-21-9-3-5-15-27(21)23/h2-17H,18-19H2,1H3/p+1/b24-16+,25-17?. The van der Waals surface area contributed by atoms with Gasteiger partial charge in [-0.1, -0.05) is 84.9 Å². The minimum atomic E-state index is 0.168. The number of piperidine rings is 1. The van der Waals surface area contributed by atoms with E-state index in [9.17, 15) is 4.79 Å². The van der Waals surface area contributed by atoms with Crippen LogP contribution >= 0.6 is 0 Å². The van der Waals surface area contributed by atoms with E-state index < -0.39 is 0 Å². The normalized spacial score (nSPS) is 19.8. The number of hydrogen-bond donors (Lipinski definition) is 1. The summed E-state index contributed by atoms with van der Waals surface area (Å²) in [6.45, 7) is 1.49.